The van der Waals surface area contributed by atoms with Gasteiger partial charge in [-0.05, 0) is 48.6 Å². The third kappa shape index (κ3) is 3.79. The molecule has 3 aliphatic rings. The van der Waals surface area contributed by atoms with Crippen molar-refractivity contribution in [3.05, 3.63) is 45.7 Å². The van der Waals surface area contributed by atoms with E-state index in [1.807, 2.05) is 0 Å². The molecule has 1 heterocycles. The summed E-state index contributed by atoms with van der Waals surface area (Å²) in [5.74, 6) is -3.52. The fraction of sp³-hybridized carbons (Fsp3) is 0.550. The summed E-state index contributed by atoms with van der Waals surface area (Å²) in [5.41, 5.74) is 0.432. The molecule has 3 N–H and O–H groups in total. The van der Waals surface area contributed by atoms with Crippen LogP contribution in [0.3, 0.4) is 0 Å². The van der Waals surface area contributed by atoms with Crippen LogP contribution in [0, 0.1) is 5.82 Å². The molecule has 4 rings (SSSR count). The zero-order valence-corrected chi connectivity index (χ0v) is 17.9. The van der Waals surface area contributed by atoms with Gasteiger partial charge in [0.05, 0.1) is 29.3 Å². The molecule has 0 saturated carbocycles. The lowest BCUT2D eigenvalue weighted by molar-refractivity contribution is -0.153. The summed E-state index contributed by atoms with van der Waals surface area (Å²) in [6.45, 7) is -0.891. The van der Waals surface area contributed by atoms with Crippen LogP contribution < -0.4 is 0 Å². The van der Waals surface area contributed by atoms with Crippen LogP contribution in [0.25, 0.3) is 0 Å². The van der Waals surface area contributed by atoms with Gasteiger partial charge in [-0.2, -0.15) is 0 Å². The van der Waals surface area contributed by atoms with Gasteiger partial charge in [0.15, 0.2) is 15.6 Å². The maximum atomic E-state index is 13.7. The van der Waals surface area contributed by atoms with Crippen molar-refractivity contribution in [1.82, 2.24) is 0 Å². The number of aliphatic hydroxyl groups is 2. The molecule has 0 bridgehead atoms. The molecule has 1 fully saturated rings. The quantitative estimate of drug-likeness (QED) is 0.583. The van der Waals surface area contributed by atoms with Gasteiger partial charge in [0.25, 0.3) is 0 Å². The molecule has 1 aromatic carbocycles. The first-order valence-corrected chi connectivity index (χ1v) is 11.8. The van der Waals surface area contributed by atoms with Crippen molar-refractivity contribution in [3.63, 3.8) is 0 Å². The Hall–Kier alpha value is -1.56. The Balaban J connectivity index is 1.71. The van der Waals surface area contributed by atoms with Gasteiger partial charge >= 0.3 is 5.97 Å². The van der Waals surface area contributed by atoms with E-state index < -0.39 is 68.9 Å². The standard InChI is InChI=1S/C20H22ClFO8S/c21-13-6-11(22)5-10-1-2-17(18(10)13)31(27,28)16-3-4-20(7-12(16)19(25)26)29-14(8-23)15(9-24)30-20/h5-7,14-17,23-24H,1-4,8-9H2,(H,25,26)/t14-,15-,16-,17+/m1/s1. The molecule has 31 heavy (non-hydrogen) atoms. The molecule has 170 valence electrons. The summed E-state index contributed by atoms with van der Waals surface area (Å²) >= 11 is 6.15. The fourth-order valence-electron chi connectivity index (χ4n) is 4.78. The first-order chi connectivity index (χ1) is 14.6. The number of fused-ring (bicyclic) bond motifs is 1. The van der Waals surface area contributed by atoms with Crippen molar-refractivity contribution in [2.45, 2.75) is 54.2 Å². The predicted molar refractivity (Wildman–Crippen MR) is 107 cm³/mol. The molecular formula is C20H22ClFO8S. The number of carbonyl (C=O) groups is 1. The zero-order chi connectivity index (χ0) is 22.6. The van der Waals surface area contributed by atoms with Crippen LogP contribution in [0.15, 0.2) is 23.8 Å². The summed E-state index contributed by atoms with van der Waals surface area (Å²) in [6, 6.07) is 2.31. The number of aryl methyl sites for hydroxylation is 1. The second-order valence-corrected chi connectivity index (χ2v) is 10.7. The van der Waals surface area contributed by atoms with E-state index in [4.69, 9.17) is 21.1 Å². The molecule has 4 atom stereocenters. The highest BCUT2D eigenvalue weighted by atomic mass is 35.5. The number of aliphatic carboxylic acids is 1. The smallest absolute Gasteiger partial charge is 0.332 e. The summed E-state index contributed by atoms with van der Waals surface area (Å²) in [6.07, 6.45) is -0.163. The highest BCUT2D eigenvalue weighted by Gasteiger charge is 2.52. The van der Waals surface area contributed by atoms with Gasteiger partial charge in [-0.25, -0.2) is 17.6 Å². The van der Waals surface area contributed by atoms with Crippen molar-refractivity contribution < 1.29 is 42.4 Å². The van der Waals surface area contributed by atoms with E-state index in [0.29, 0.717) is 17.5 Å². The Morgan fingerprint density at radius 2 is 1.81 bits per heavy atom. The molecule has 1 saturated heterocycles. The van der Waals surface area contributed by atoms with Crippen LogP contribution in [0.2, 0.25) is 5.02 Å². The topological polar surface area (TPSA) is 130 Å². The lowest BCUT2D eigenvalue weighted by Crippen LogP contribution is -2.41. The van der Waals surface area contributed by atoms with Gasteiger partial charge in [-0.3, -0.25) is 0 Å². The van der Waals surface area contributed by atoms with Gasteiger partial charge in [0.1, 0.15) is 18.0 Å². The number of sulfone groups is 1. The van der Waals surface area contributed by atoms with Crippen LogP contribution in [0.4, 0.5) is 4.39 Å². The van der Waals surface area contributed by atoms with E-state index in [1.54, 1.807) is 0 Å². The lowest BCUT2D eigenvalue weighted by atomic mass is 9.94. The van der Waals surface area contributed by atoms with E-state index in [9.17, 15) is 32.9 Å². The van der Waals surface area contributed by atoms with E-state index >= 15 is 0 Å². The summed E-state index contributed by atoms with van der Waals surface area (Å²) < 4.78 is 52.1. The molecule has 11 heteroatoms. The van der Waals surface area contributed by atoms with Crippen molar-refractivity contribution in [2.24, 2.45) is 0 Å². The van der Waals surface area contributed by atoms with Crippen LogP contribution >= 0.6 is 11.6 Å². The maximum Gasteiger partial charge on any atom is 0.332 e. The van der Waals surface area contributed by atoms with Crippen molar-refractivity contribution >= 4 is 27.4 Å². The Kier molecular flexibility index (Phi) is 5.91. The van der Waals surface area contributed by atoms with Gasteiger partial charge in [-0.1, -0.05) is 11.6 Å². The average molecular weight is 477 g/mol. The normalized spacial score (nSPS) is 29.7. The number of benzene rings is 1. The fourth-order valence-corrected chi connectivity index (χ4v) is 7.62. The van der Waals surface area contributed by atoms with Crippen LogP contribution in [-0.4, -0.2) is 66.2 Å². The average Bonchev–Trinajstić information content (AvgIpc) is 3.29. The summed E-state index contributed by atoms with van der Waals surface area (Å²) in [5, 5.41) is 26.3. The summed E-state index contributed by atoms with van der Waals surface area (Å²) in [7, 11) is -4.05. The second-order valence-electron chi connectivity index (χ2n) is 8.00. The molecule has 0 amide bonds. The number of carboxylic acid groups (broad SMARTS) is 1. The Morgan fingerprint density at radius 3 is 2.39 bits per heavy atom. The second kappa shape index (κ2) is 8.09. The number of halogens is 2. The van der Waals surface area contributed by atoms with Gasteiger partial charge in [-0.15, -0.1) is 0 Å². The van der Waals surface area contributed by atoms with Crippen molar-refractivity contribution in [3.8, 4) is 0 Å². The number of rotatable bonds is 5. The SMILES string of the molecule is O=C(O)C1=CC2(CC[C@H]1S(=O)(=O)[C@H]1CCc3cc(F)cc(Cl)c31)O[C@H](CO)[C@@H](CO)O2. The number of carboxylic acids is 1. The monoisotopic (exact) mass is 476 g/mol. The molecule has 1 aliphatic heterocycles. The third-order valence-corrected chi connectivity index (χ3v) is 9.03. The molecular weight excluding hydrogens is 455 g/mol. The minimum absolute atomic E-state index is 0.00763. The Morgan fingerprint density at radius 1 is 1.16 bits per heavy atom. The van der Waals surface area contributed by atoms with E-state index in [-0.39, 0.29) is 24.3 Å². The molecule has 8 nitrogen and oxygen atoms in total. The van der Waals surface area contributed by atoms with Crippen LogP contribution in [0.1, 0.15) is 35.6 Å². The molecule has 1 aromatic rings. The highest BCUT2D eigenvalue weighted by molar-refractivity contribution is 7.92. The van der Waals surface area contributed by atoms with Gasteiger partial charge < -0.3 is 24.8 Å². The molecule has 2 aliphatic carbocycles. The van der Waals surface area contributed by atoms with Crippen LogP contribution in [0.5, 0.6) is 0 Å². The lowest BCUT2D eigenvalue weighted by Gasteiger charge is -2.34. The van der Waals surface area contributed by atoms with Crippen LogP contribution in [-0.2, 0) is 30.5 Å². The molecule has 0 aromatic heterocycles. The first kappa shape index (κ1) is 22.6. The largest absolute Gasteiger partial charge is 0.478 e. The number of hydrogen-bond donors (Lipinski definition) is 3. The number of aliphatic hydroxyl groups excluding tert-OH is 2. The molecule has 1 spiro atoms. The Bertz CT molecular complexity index is 1030. The highest BCUT2D eigenvalue weighted by Crippen LogP contribution is 2.47. The predicted octanol–water partition coefficient (Wildman–Crippen LogP) is 1.52. The number of ether oxygens (including phenoxy) is 2. The van der Waals surface area contributed by atoms with Crippen molar-refractivity contribution in [1.29, 1.82) is 0 Å². The molecule has 0 radical (unpaired) electrons. The van der Waals surface area contributed by atoms with E-state index in [0.717, 1.165) is 12.1 Å². The maximum absolute atomic E-state index is 13.7. The minimum atomic E-state index is -4.05. The Labute approximate surface area is 183 Å². The van der Waals surface area contributed by atoms with E-state index in [2.05, 4.69) is 0 Å². The van der Waals surface area contributed by atoms with Gasteiger partial charge in [0.2, 0.25) is 0 Å². The van der Waals surface area contributed by atoms with E-state index in [1.165, 1.54) is 6.07 Å². The zero-order valence-electron chi connectivity index (χ0n) is 16.3. The summed E-state index contributed by atoms with van der Waals surface area (Å²) in [4.78, 5) is 12.0. The van der Waals surface area contributed by atoms with Gasteiger partial charge in [0, 0.05) is 11.4 Å². The third-order valence-electron chi connectivity index (χ3n) is 6.17. The minimum Gasteiger partial charge on any atom is -0.478 e. The molecule has 0 unspecified atom stereocenters. The number of hydrogen-bond acceptors (Lipinski definition) is 7. The van der Waals surface area contributed by atoms with Crippen molar-refractivity contribution in [2.75, 3.05) is 13.2 Å². The first-order valence-electron chi connectivity index (χ1n) is 9.86.